The minimum Gasteiger partial charge on any atom is -0.440 e. The standard InChI is InChI=1S/C13H19NO4S/c1-13(2)8-4-3-5-11(13)14-19(16,17)12-7-6-10(9-15)18-12/h6-7,9,11,14H,3-5,8H2,1-2H3. The molecule has 1 N–H and O–H groups in total. The largest absolute Gasteiger partial charge is 0.440 e. The molecule has 0 bridgehead atoms. The summed E-state index contributed by atoms with van der Waals surface area (Å²) in [6.07, 6.45) is 4.46. The molecule has 0 spiro atoms. The van der Waals surface area contributed by atoms with Crippen molar-refractivity contribution in [2.45, 2.75) is 50.7 Å². The summed E-state index contributed by atoms with van der Waals surface area (Å²) in [6, 6.07) is 2.56. The van der Waals surface area contributed by atoms with Gasteiger partial charge in [0.25, 0.3) is 10.0 Å². The maximum Gasteiger partial charge on any atom is 0.274 e. The van der Waals surface area contributed by atoms with Gasteiger partial charge < -0.3 is 4.42 Å². The quantitative estimate of drug-likeness (QED) is 0.861. The third-order valence-corrected chi connectivity index (χ3v) is 5.13. The second-order valence-electron chi connectivity index (χ2n) is 5.68. The second kappa shape index (κ2) is 5.09. The first-order valence-electron chi connectivity index (χ1n) is 6.42. The lowest BCUT2D eigenvalue weighted by Gasteiger charge is -2.38. The van der Waals surface area contributed by atoms with Crippen molar-refractivity contribution in [2.75, 3.05) is 0 Å². The minimum atomic E-state index is -3.70. The molecule has 0 aromatic carbocycles. The Bertz CT molecular complexity index is 559. The van der Waals surface area contributed by atoms with E-state index in [1.54, 1.807) is 0 Å². The Kier molecular flexibility index (Phi) is 3.82. The van der Waals surface area contributed by atoms with Gasteiger partial charge in [0.1, 0.15) is 0 Å². The number of rotatable bonds is 4. The Morgan fingerprint density at radius 3 is 2.68 bits per heavy atom. The summed E-state index contributed by atoms with van der Waals surface area (Å²) >= 11 is 0. The van der Waals surface area contributed by atoms with E-state index >= 15 is 0 Å². The van der Waals surface area contributed by atoms with Gasteiger partial charge in [-0.3, -0.25) is 4.79 Å². The summed E-state index contributed by atoms with van der Waals surface area (Å²) in [5.41, 5.74) is -0.0641. The third-order valence-electron chi connectivity index (χ3n) is 3.79. The normalized spacial score (nSPS) is 23.2. The van der Waals surface area contributed by atoms with E-state index in [0.29, 0.717) is 6.29 Å². The minimum absolute atomic E-state index is 0.0169. The van der Waals surface area contributed by atoms with Gasteiger partial charge in [-0.2, -0.15) is 0 Å². The van der Waals surface area contributed by atoms with Crippen molar-refractivity contribution in [1.29, 1.82) is 0 Å². The molecule has 2 rings (SSSR count). The maximum atomic E-state index is 12.2. The molecule has 0 radical (unpaired) electrons. The van der Waals surface area contributed by atoms with E-state index < -0.39 is 10.0 Å². The Hall–Kier alpha value is -1.14. The first-order valence-corrected chi connectivity index (χ1v) is 7.91. The number of furan rings is 1. The van der Waals surface area contributed by atoms with Crippen LogP contribution in [-0.4, -0.2) is 20.7 Å². The zero-order valence-corrected chi connectivity index (χ0v) is 12.0. The van der Waals surface area contributed by atoms with Gasteiger partial charge in [0.05, 0.1) is 0 Å². The third kappa shape index (κ3) is 3.06. The number of aldehydes is 1. The molecule has 1 aromatic heterocycles. The van der Waals surface area contributed by atoms with Crippen molar-refractivity contribution in [3.05, 3.63) is 17.9 Å². The molecule has 1 aliphatic rings. The molecule has 0 saturated heterocycles. The fraction of sp³-hybridized carbons (Fsp3) is 0.615. The van der Waals surface area contributed by atoms with Crippen LogP contribution in [0.4, 0.5) is 0 Å². The zero-order chi connectivity index (χ0) is 14.1. The SMILES string of the molecule is CC1(C)CCCCC1NS(=O)(=O)c1ccc(C=O)o1. The molecule has 106 valence electrons. The van der Waals surface area contributed by atoms with Crippen LogP contribution in [0.15, 0.2) is 21.6 Å². The number of carbonyl (C=O) groups is 1. The molecule has 1 atom stereocenters. The van der Waals surface area contributed by atoms with Crippen LogP contribution in [0.1, 0.15) is 50.1 Å². The Balaban J connectivity index is 2.19. The summed E-state index contributed by atoms with van der Waals surface area (Å²) in [6.45, 7) is 4.14. The van der Waals surface area contributed by atoms with Gasteiger partial charge in [-0.05, 0) is 30.4 Å². The Morgan fingerprint density at radius 1 is 1.37 bits per heavy atom. The summed E-state index contributed by atoms with van der Waals surface area (Å²) in [5, 5.41) is -0.198. The average Bonchev–Trinajstić information content (AvgIpc) is 2.81. The monoisotopic (exact) mass is 285 g/mol. The number of hydrogen-bond acceptors (Lipinski definition) is 4. The number of nitrogens with one attached hydrogen (secondary N) is 1. The summed E-state index contributed by atoms with van der Waals surface area (Å²) in [7, 11) is -3.70. The molecule has 5 nitrogen and oxygen atoms in total. The van der Waals surface area contributed by atoms with Crippen LogP contribution >= 0.6 is 0 Å². The molecular weight excluding hydrogens is 266 g/mol. The molecule has 1 aromatic rings. The highest BCUT2D eigenvalue weighted by Crippen LogP contribution is 2.36. The van der Waals surface area contributed by atoms with Crippen molar-refractivity contribution < 1.29 is 17.6 Å². The van der Waals surface area contributed by atoms with Gasteiger partial charge in [-0.1, -0.05) is 26.7 Å². The molecule has 1 unspecified atom stereocenters. The van der Waals surface area contributed by atoms with E-state index in [-0.39, 0.29) is 22.3 Å². The van der Waals surface area contributed by atoms with E-state index in [0.717, 1.165) is 25.7 Å². The molecule has 0 amide bonds. The van der Waals surface area contributed by atoms with Crippen LogP contribution in [0, 0.1) is 5.41 Å². The first kappa shape index (κ1) is 14.3. The molecule has 1 saturated carbocycles. The van der Waals surface area contributed by atoms with Crippen molar-refractivity contribution >= 4 is 16.3 Å². The number of hydrogen-bond donors (Lipinski definition) is 1. The Labute approximate surface area is 113 Å². The van der Waals surface area contributed by atoms with Gasteiger partial charge >= 0.3 is 0 Å². The van der Waals surface area contributed by atoms with Crippen molar-refractivity contribution in [2.24, 2.45) is 5.41 Å². The lowest BCUT2D eigenvalue weighted by molar-refractivity contribution is 0.109. The molecule has 1 aliphatic carbocycles. The van der Waals surface area contributed by atoms with Crippen LogP contribution in [-0.2, 0) is 10.0 Å². The summed E-state index contributed by atoms with van der Waals surface area (Å²) < 4.78 is 32.1. The van der Waals surface area contributed by atoms with Gasteiger partial charge in [0, 0.05) is 6.04 Å². The molecular formula is C13H19NO4S. The second-order valence-corrected chi connectivity index (χ2v) is 7.33. The zero-order valence-electron chi connectivity index (χ0n) is 11.2. The lowest BCUT2D eigenvalue weighted by Crippen LogP contribution is -2.46. The smallest absolute Gasteiger partial charge is 0.274 e. The van der Waals surface area contributed by atoms with Crippen LogP contribution in [0.3, 0.4) is 0 Å². The molecule has 1 heterocycles. The van der Waals surface area contributed by atoms with Gasteiger partial charge in [-0.15, -0.1) is 0 Å². The van der Waals surface area contributed by atoms with E-state index in [9.17, 15) is 13.2 Å². The number of carbonyl (C=O) groups excluding carboxylic acids is 1. The van der Waals surface area contributed by atoms with Gasteiger partial charge in [0.2, 0.25) is 5.09 Å². The van der Waals surface area contributed by atoms with Crippen LogP contribution in [0.25, 0.3) is 0 Å². The van der Waals surface area contributed by atoms with Crippen LogP contribution in [0.5, 0.6) is 0 Å². The highest BCUT2D eigenvalue weighted by molar-refractivity contribution is 7.89. The topological polar surface area (TPSA) is 76.4 Å². The van der Waals surface area contributed by atoms with Gasteiger partial charge in [-0.25, -0.2) is 13.1 Å². The predicted octanol–water partition coefficient (Wildman–Crippen LogP) is 2.34. The maximum absolute atomic E-state index is 12.2. The van der Waals surface area contributed by atoms with Crippen LogP contribution in [0.2, 0.25) is 0 Å². The Morgan fingerprint density at radius 2 is 2.11 bits per heavy atom. The summed E-state index contributed by atoms with van der Waals surface area (Å²) in [5.74, 6) is 0.0169. The van der Waals surface area contributed by atoms with Crippen molar-refractivity contribution in [3.8, 4) is 0 Å². The van der Waals surface area contributed by atoms with Crippen LogP contribution < -0.4 is 4.72 Å². The fourth-order valence-electron chi connectivity index (χ4n) is 2.50. The molecule has 19 heavy (non-hydrogen) atoms. The van der Waals surface area contributed by atoms with E-state index in [1.807, 2.05) is 0 Å². The highest BCUT2D eigenvalue weighted by Gasteiger charge is 2.36. The first-order chi connectivity index (χ1) is 8.85. The molecule has 1 fully saturated rings. The van der Waals surface area contributed by atoms with E-state index in [4.69, 9.17) is 4.42 Å². The summed E-state index contributed by atoms with van der Waals surface area (Å²) in [4.78, 5) is 10.5. The fourth-order valence-corrected chi connectivity index (χ4v) is 3.88. The van der Waals surface area contributed by atoms with E-state index in [1.165, 1.54) is 12.1 Å². The number of sulfonamides is 1. The van der Waals surface area contributed by atoms with E-state index in [2.05, 4.69) is 18.6 Å². The highest BCUT2D eigenvalue weighted by atomic mass is 32.2. The molecule has 0 aliphatic heterocycles. The van der Waals surface area contributed by atoms with Crippen molar-refractivity contribution in [3.63, 3.8) is 0 Å². The lowest BCUT2D eigenvalue weighted by atomic mass is 9.74. The van der Waals surface area contributed by atoms with Gasteiger partial charge in [0.15, 0.2) is 12.0 Å². The van der Waals surface area contributed by atoms with Crippen molar-refractivity contribution in [1.82, 2.24) is 4.72 Å². The average molecular weight is 285 g/mol. The predicted molar refractivity (Wildman–Crippen MR) is 70.5 cm³/mol. The molecule has 6 heteroatoms.